The number of aliphatic hydroxyl groups excluding tert-OH is 1. The molecule has 0 aliphatic carbocycles. The minimum absolute atomic E-state index is 0.115. The maximum Gasteiger partial charge on any atom is 0.253 e. The first kappa shape index (κ1) is 36.4. The fraction of sp³-hybridized carbons (Fsp3) is 0.390. The maximum absolute atomic E-state index is 15.3. The zero-order valence-corrected chi connectivity index (χ0v) is 30.2. The van der Waals surface area contributed by atoms with Crippen LogP contribution in [0.4, 0.5) is 11.4 Å². The summed E-state index contributed by atoms with van der Waals surface area (Å²) in [6.07, 6.45) is 4.60. The molecule has 3 heterocycles. The minimum Gasteiger partial charge on any atom is -0.494 e. The molecule has 3 aliphatic heterocycles. The molecular weight excluding hydrogens is 666 g/mol. The Bertz CT molecular complexity index is 1780. The number of para-hydroxylation sites is 1. The van der Waals surface area contributed by atoms with Crippen LogP contribution in [0.3, 0.4) is 0 Å². The molecule has 2 bridgehead atoms. The van der Waals surface area contributed by atoms with Crippen LogP contribution in [0.1, 0.15) is 50.3 Å². The van der Waals surface area contributed by atoms with Crippen LogP contribution in [0.15, 0.2) is 98.1 Å². The third-order valence-electron chi connectivity index (χ3n) is 10.9. The van der Waals surface area contributed by atoms with Crippen molar-refractivity contribution >= 4 is 40.7 Å². The predicted octanol–water partition coefficient (Wildman–Crippen LogP) is 6.67. The monoisotopic (exact) mass is 711 g/mol. The van der Waals surface area contributed by atoms with Crippen LogP contribution in [0.25, 0.3) is 0 Å². The van der Waals surface area contributed by atoms with E-state index in [2.05, 4.69) is 13.2 Å². The van der Waals surface area contributed by atoms with Crippen molar-refractivity contribution in [2.45, 2.75) is 63.3 Å². The molecule has 0 saturated carbocycles. The van der Waals surface area contributed by atoms with Gasteiger partial charge in [-0.15, -0.1) is 13.2 Å². The van der Waals surface area contributed by atoms with Crippen molar-refractivity contribution in [2.75, 3.05) is 36.1 Å². The Balaban J connectivity index is 1.51. The molecule has 0 aromatic heterocycles. The summed E-state index contributed by atoms with van der Waals surface area (Å²) in [7, 11) is 0. The van der Waals surface area contributed by atoms with Crippen LogP contribution in [-0.4, -0.2) is 71.3 Å². The number of carbonyl (C=O) groups is 3. The normalized spacial score (nSPS) is 25.3. The highest BCUT2D eigenvalue weighted by molar-refractivity contribution is 6.34. The van der Waals surface area contributed by atoms with Crippen LogP contribution in [-0.2, 0) is 19.1 Å². The number of aliphatic hydroxyl groups is 1. The maximum atomic E-state index is 15.3. The number of aryl methyl sites for hydroxylation is 1. The van der Waals surface area contributed by atoms with Gasteiger partial charge in [0.25, 0.3) is 5.91 Å². The molecule has 2 unspecified atom stereocenters. The Morgan fingerprint density at radius 3 is 2.29 bits per heavy atom. The molecule has 3 aliphatic rings. The summed E-state index contributed by atoms with van der Waals surface area (Å²) in [4.78, 5) is 50.3. The number of fused-ring (bicyclic) bond motifs is 1. The predicted molar refractivity (Wildman–Crippen MR) is 199 cm³/mol. The van der Waals surface area contributed by atoms with E-state index in [1.165, 1.54) is 4.90 Å². The third kappa shape index (κ3) is 5.95. The van der Waals surface area contributed by atoms with Crippen molar-refractivity contribution < 1.29 is 29.0 Å². The van der Waals surface area contributed by atoms with Gasteiger partial charge in [-0.3, -0.25) is 14.4 Å². The first-order valence-corrected chi connectivity index (χ1v) is 18.0. The van der Waals surface area contributed by atoms with Crippen LogP contribution in [0.2, 0.25) is 5.02 Å². The molecule has 10 heteroatoms. The summed E-state index contributed by atoms with van der Waals surface area (Å²) in [6, 6.07) is 19.8. The molecular formula is C41H46ClN3O6. The smallest absolute Gasteiger partial charge is 0.253 e. The Hall–Kier alpha value is -4.44. The Morgan fingerprint density at radius 1 is 1.00 bits per heavy atom. The lowest BCUT2D eigenvalue weighted by Gasteiger charge is -2.40. The van der Waals surface area contributed by atoms with Crippen LogP contribution in [0, 0.1) is 18.8 Å². The summed E-state index contributed by atoms with van der Waals surface area (Å²) in [5.74, 6) is -2.30. The van der Waals surface area contributed by atoms with Gasteiger partial charge in [-0.05, 0) is 74.6 Å². The van der Waals surface area contributed by atoms with Crippen molar-refractivity contribution in [1.29, 1.82) is 0 Å². The van der Waals surface area contributed by atoms with Gasteiger partial charge in [-0.25, -0.2) is 0 Å². The van der Waals surface area contributed by atoms with Gasteiger partial charge in [0.05, 0.1) is 47.4 Å². The summed E-state index contributed by atoms with van der Waals surface area (Å²) < 4.78 is 12.8. The zero-order valence-electron chi connectivity index (χ0n) is 29.5. The van der Waals surface area contributed by atoms with E-state index in [0.29, 0.717) is 53.6 Å². The van der Waals surface area contributed by atoms with Gasteiger partial charge in [0.2, 0.25) is 11.8 Å². The van der Waals surface area contributed by atoms with Gasteiger partial charge in [0.1, 0.15) is 17.4 Å². The second kappa shape index (κ2) is 14.7. The molecule has 3 aromatic carbocycles. The molecule has 9 nitrogen and oxygen atoms in total. The largest absolute Gasteiger partial charge is 0.494 e. The first-order chi connectivity index (χ1) is 24.6. The highest BCUT2D eigenvalue weighted by Crippen LogP contribution is 2.65. The highest BCUT2D eigenvalue weighted by Gasteiger charge is 2.79. The summed E-state index contributed by atoms with van der Waals surface area (Å²) in [6.45, 7) is 14.0. The highest BCUT2D eigenvalue weighted by atomic mass is 35.5. The van der Waals surface area contributed by atoms with E-state index < -0.39 is 53.5 Å². The lowest BCUT2D eigenvalue weighted by Crippen LogP contribution is -2.57. The van der Waals surface area contributed by atoms with Crippen molar-refractivity contribution in [1.82, 2.24) is 4.90 Å². The van der Waals surface area contributed by atoms with Gasteiger partial charge in [-0.1, -0.05) is 73.1 Å². The van der Waals surface area contributed by atoms with Crippen molar-refractivity contribution in [2.24, 2.45) is 11.8 Å². The van der Waals surface area contributed by atoms with Gasteiger partial charge in [0.15, 0.2) is 0 Å². The second-order valence-corrected chi connectivity index (χ2v) is 13.9. The van der Waals surface area contributed by atoms with Gasteiger partial charge < -0.3 is 29.3 Å². The van der Waals surface area contributed by atoms with Crippen molar-refractivity contribution in [3.05, 3.63) is 114 Å². The van der Waals surface area contributed by atoms with E-state index in [0.717, 1.165) is 5.56 Å². The van der Waals surface area contributed by atoms with E-state index in [4.69, 9.17) is 21.1 Å². The average molecular weight is 712 g/mol. The second-order valence-electron chi connectivity index (χ2n) is 13.5. The fourth-order valence-corrected chi connectivity index (χ4v) is 9.04. The molecule has 3 saturated heterocycles. The average Bonchev–Trinajstić information content (AvgIpc) is 3.74. The van der Waals surface area contributed by atoms with E-state index in [1.807, 2.05) is 87.5 Å². The summed E-state index contributed by atoms with van der Waals surface area (Å²) in [5.41, 5.74) is 0.240. The molecule has 268 valence electrons. The number of hydrogen-bond acceptors (Lipinski definition) is 6. The zero-order chi connectivity index (χ0) is 36.5. The van der Waals surface area contributed by atoms with Gasteiger partial charge >= 0.3 is 0 Å². The van der Waals surface area contributed by atoms with E-state index >= 15 is 14.4 Å². The van der Waals surface area contributed by atoms with Crippen molar-refractivity contribution in [3.8, 4) is 5.75 Å². The molecule has 6 rings (SSSR count). The number of nitrogens with zero attached hydrogens (tertiary/aromatic N) is 3. The minimum atomic E-state index is -1.35. The topological polar surface area (TPSA) is 99.6 Å². The fourth-order valence-electron chi connectivity index (χ4n) is 8.72. The number of likely N-dealkylation sites (tertiary alicyclic amines) is 1. The Kier molecular flexibility index (Phi) is 10.4. The van der Waals surface area contributed by atoms with E-state index in [-0.39, 0.29) is 19.0 Å². The Morgan fingerprint density at radius 2 is 1.69 bits per heavy atom. The third-order valence-corrected chi connectivity index (χ3v) is 11.2. The number of hydrogen-bond donors (Lipinski definition) is 1. The lowest BCUT2D eigenvalue weighted by atomic mass is 9.64. The van der Waals surface area contributed by atoms with Gasteiger partial charge in [0, 0.05) is 18.8 Å². The molecule has 1 spiro atoms. The quantitative estimate of drug-likeness (QED) is 0.188. The molecule has 3 aromatic rings. The molecule has 3 fully saturated rings. The van der Waals surface area contributed by atoms with Crippen LogP contribution in [0.5, 0.6) is 5.75 Å². The Labute approximate surface area is 305 Å². The van der Waals surface area contributed by atoms with Crippen LogP contribution >= 0.6 is 11.6 Å². The molecule has 51 heavy (non-hydrogen) atoms. The van der Waals surface area contributed by atoms with Crippen LogP contribution < -0.4 is 14.5 Å². The number of carbonyl (C=O) groups excluding carboxylic acids is 3. The van der Waals surface area contributed by atoms with Crippen molar-refractivity contribution in [3.63, 3.8) is 0 Å². The summed E-state index contributed by atoms with van der Waals surface area (Å²) >= 11 is 6.76. The number of ether oxygens (including phenoxy) is 2. The molecule has 0 radical (unpaired) electrons. The number of benzene rings is 3. The number of rotatable bonds is 14. The lowest BCUT2D eigenvalue weighted by molar-refractivity contribution is -0.149. The van der Waals surface area contributed by atoms with E-state index in [9.17, 15) is 5.11 Å². The number of halogens is 1. The number of anilines is 2. The standard InChI is InChI=1S/C41H46ClN3O6/c1-6-24-43(29-18-20-30(21-19-29)50-9-4)37(47)33-34-38(48)45(32(26-46)28-15-11-10-12-16-28)36(41(34)23-22-40(33,8-3)51-41)39(49)44(25-7-2)35-27(5)14-13-17-31(35)42/h6-7,10-21,32-34,36,46H,1-2,8-9,22-26H2,3-5H3/t32-,33+,34+,36?,40-,41?/m1/s1. The SMILES string of the molecule is C=CCN(C(=O)[C@@H]1[C@H]2C(=O)N([C@H](CO)c3ccccc3)C(C(=O)N(CC=C)c3c(C)cccc3Cl)C23CC[C@@]1(CC)O3)c1ccc(OCC)cc1. The molecule has 1 N–H and O–H groups in total. The number of amides is 3. The first-order valence-electron chi connectivity index (χ1n) is 17.6. The summed E-state index contributed by atoms with van der Waals surface area (Å²) in [5, 5.41) is 11.4. The molecule has 3 amide bonds. The van der Waals surface area contributed by atoms with Gasteiger partial charge in [-0.2, -0.15) is 0 Å². The van der Waals surface area contributed by atoms with E-state index in [1.54, 1.807) is 28.0 Å². The molecule has 6 atom stereocenters.